The predicted octanol–water partition coefficient (Wildman–Crippen LogP) is 0.553. The number of rotatable bonds is 4. The van der Waals surface area contributed by atoms with Gasteiger partial charge in [-0.25, -0.2) is 4.79 Å². The molecule has 0 fully saturated rings. The van der Waals surface area contributed by atoms with Crippen molar-refractivity contribution in [3.63, 3.8) is 0 Å². The first kappa shape index (κ1) is 11.6. The summed E-state index contributed by atoms with van der Waals surface area (Å²) in [7, 11) is 1.53. The first-order chi connectivity index (χ1) is 6.91. The zero-order chi connectivity index (χ0) is 11.6. The van der Waals surface area contributed by atoms with Crippen LogP contribution in [0.25, 0.3) is 0 Å². The molecule has 1 heterocycles. The third kappa shape index (κ3) is 1.99. The summed E-state index contributed by atoms with van der Waals surface area (Å²) in [5.74, 6) is 0.152. The Morgan fingerprint density at radius 1 is 1.53 bits per heavy atom. The number of hydrogen-bond acceptors (Lipinski definition) is 4. The van der Waals surface area contributed by atoms with Crippen LogP contribution in [0.5, 0.6) is 0 Å². The van der Waals surface area contributed by atoms with E-state index in [0.29, 0.717) is 11.6 Å². The highest BCUT2D eigenvalue weighted by molar-refractivity contribution is 5.75. The second kappa shape index (κ2) is 3.98. The van der Waals surface area contributed by atoms with Crippen LogP contribution < -0.4 is 0 Å². The molecule has 0 bridgehead atoms. The molecule has 6 nitrogen and oxygen atoms in total. The van der Waals surface area contributed by atoms with Crippen LogP contribution in [0, 0.1) is 6.92 Å². The van der Waals surface area contributed by atoms with Gasteiger partial charge in [0.15, 0.2) is 5.82 Å². The average molecular weight is 213 g/mol. The van der Waals surface area contributed by atoms with Gasteiger partial charge in [-0.3, -0.25) is 4.57 Å². The molecule has 0 aromatic carbocycles. The maximum atomic E-state index is 11.1. The minimum Gasteiger partial charge on any atom is -0.480 e. The number of aryl methyl sites for hydroxylation is 1. The molecule has 0 aliphatic rings. The summed E-state index contributed by atoms with van der Waals surface area (Å²) in [5.41, 5.74) is -1.07. The summed E-state index contributed by atoms with van der Waals surface area (Å²) in [4.78, 5) is 11.1. The van der Waals surface area contributed by atoms with Crippen LogP contribution in [0.15, 0.2) is 0 Å². The highest BCUT2D eigenvalue weighted by Crippen LogP contribution is 2.19. The fourth-order valence-corrected chi connectivity index (χ4v) is 1.45. The van der Waals surface area contributed by atoms with E-state index in [0.717, 1.165) is 0 Å². The Kier molecular flexibility index (Phi) is 3.09. The van der Waals surface area contributed by atoms with Crippen molar-refractivity contribution in [1.82, 2.24) is 14.8 Å². The van der Waals surface area contributed by atoms with Crippen LogP contribution in [0.2, 0.25) is 0 Å². The normalized spacial score (nSPS) is 11.7. The molecule has 0 saturated carbocycles. The molecule has 0 saturated heterocycles. The SMILES string of the molecule is COCc1nnc(C)n1C(C)(C)C(=O)O. The zero-order valence-electron chi connectivity index (χ0n) is 9.31. The van der Waals surface area contributed by atoms with Crippen molar-refractivity contribution < 1.29 is 14.6 Å². The fraction of sp³-hybridized carbons (Fsp3) is 0.667. The molecule has 0 unspecified atom stereocenters. The first-order valence-electron chi connectivity index (χ1n) is 4.55. The Bertz CT molecular complexity index is 371. The van der Waals surface area contributed by atoms with Gasteiger partial charge in [0.2, 0.25) is 0 Å². The van der Waals surface area contributed by atoms with E-state index in [-0.39, 0.29) is 6.61 Å². The molecular formula is C9H15N3O3. The molecule has 0 radical (unpaired) electrons. The number of carbonyl (C=O) groups is 1. The number of aromatic nitrogens is 3. The lowest BCUT2D eigenvalue weighted by Crippen LogP contribution is -2.37. The number of aliphatic carboxylic acids is 1. The van der Waals surface area contributed by atoms with Crippen LogP contribution in [-0.4, -0.2) is 33.0 Å². The molecule has 1 N–H and O–H groups in total. The number of methoxy groups -OCH3 is 1. The Hall–Kier alpha value is -1.43. The van der Waals surface area contributed by atoms with Crippen molar-refractivity contribution in [3.05, 3.63) is 11.6 Å². The second-order valence-corrected chi connectivity index (χ2v) is 3.80. The quantitative estimate of drug-likeness (QED) is 0.790. The molecule has 0 aliphatic heterocycles. The number of carboxylic acid groups (broad SMARTS) is 1. The second-order valence-electron chi connectivity index (χ2n) is 3.80. The molecule has 1 rings (SSSR count). The minimum atomic E-state index is -1.07. The molecule has 0 spiro atoms. The molecule has 6 heteroatoms. The number of ether oxygens (including phenoxy) is 1. The van der Waals surface area contributed by atoms with Crippen molar-refractivity contribution >= 4 is 5.97 Å². The lowest BCUT2D eigenvalue weighted by Gasteiger charge is -2.23. The highest BCUT2D eigenvalue weighted by Gasteiger charge is 2.33. The highest BCUT2D eigenvalue weighted by atomic mass is 16.5. The van der Waals surface area contributed by atoms with Gasteiger partial charge < -0.3 is 9.84 Å². The van der Waals surface area contributed by atoms with Crippen molar-refractivity contribution in [2.75, 3.05) is 7.11 Å². The van der Waals surface area contributed by atoms with E-state index in [1.165, 1.54) is 7.11 Å². The molecule has 0 atom stereocenters. The molecular weight excluding hydrogens is 198 g/mol. The van der Waals surface area contributed by atoms with Crippen molar-refractivity contribution in [3.8, 4) is 0 Å². The van der Waals surface area contributed by atoms with Gasteiger partial charge in [0.25, 0.3) is 0 Å². The van der Waals surface area contributed by atoms with Crippen molar-refractivity contribution in [2.45, 2.75) is 32.9 Å². The van der Waals surface area contributed by atoms with Gasteiger partial charge in [0.05, 0.1) is 0 Å². The third-order valence-corrected chi connectivity index (χ3v) is 2.25. The Balaban J connectivity index is 3.22. The maximum Gasteiger partial charge on any atom is 0.329 e. The van der Waals surface area contributed by atoms with E-state index < -0.39 is 11.5 Å². The van der Waals surface area contributed by atoms with E-state index in [1.54, 1.807) is 25.3 Å². The fourth-order valence-electron chi connectivity index (χ4n) is 1.45. The average Bonchev–Trinajstić information content (AvgIpc) is 2.48. The molecule has 15 heavy (non-hydrogen) atoms. The summed E-state index contributed by atoms with van der Waals surface area (Å²) >= 11 is 0. The Labute approximate surface area is 87.9 Å². The maximum absolute atomic E-state index is 11.1. The lowest BCUT2D eigenvalue weighted by atomic mass is 10.1. The van der Waals surface area contributed by atoms with Gasteiger partial charge in [0.1, 0.15) is 18.0 Å². The largest absolute Gasteiger partial charge is 0.480 e. The van der Waals surface area contributed by atoms with Crippen molar-refractivity contribution in [2.24, 2.45) is 0 Å². The van der Waals surface area contributed by atoms with Gasteiger partial charge in [-0.2, -0.15) is 0 Å². The summed E-state index contributed by atoms with van der Waals surface area (Å²) in [5, 5.41) is 16.8. The third-order valence-electron chi connectivity index (χ3n) is 2.25. The summed E-state index contributed by atoms with van der Waals surface area (Å²) < 4.78 is 6.51. The molecule has 1 aromatic heterocycles. The Morgan fingerprint density at radius 2 is 2.13 bits per heavy atom. The molecule has 0 amide bonds. The lowest BCUT2D eigenvalue weighted by molar-refractivity contribution is -0.146. The van der Waals surface area contributed by atoms with Crippen LogP contribution in [0.1, 0.15) is 25.5 Å². The first-order valence-corrected chi connectivity index (χ1v) is 4.55. The van der Waals surface area contributed by atoms with Crippen molar-refractivity contribution in [1.29, 1.82) is 0 Å². The van der Waals surface area contributed by atoms with Crippen LogP contribution in [0.4, 0.5) is 0 Å². The van der Waals surface area contributed by atoms with Crippen LogP contribution in [-0.2, 0) is 21.7 Å². The van der Waals surface area contributed by atoms with Gasteiger partial charge >= 0.3 is 5.97 Å². The van der Waals surface area contributed by atoms with E-state index >= 15 is 0 Å². The smallest absolute Gasteiger partial charge is 0.329 e. The molecule has 0 aliphatic carbocycles. The minimum absolute atomic E-state index is 0.248. The van der Waals surface area contributed by atoms with Gasteiger partial charge in [-0.15, -0.1) is 10.2 Å². The predicted molar refractivity (Wildman–Crippen MR) is 52.4 cm³/mol. The number of carboxylic acids is 1. The van der Waals surface area contributed by atoms with Gasteiger partial charge in [-0.1, -0.05) is 0 Å². The standard InChI is InChI=1S/C9H15N3O3/c1-6-10-11-7(5-15-4)12(6)9(2,3)8(13)14/h5H2,1-4H3,(H,13,14). The van der Waals surface area contributed by atoms with E-state index in [2.05, 4.69) is 10.2 Å². The van der Waals surface area contributed by atoms with Crippen LogP contribution in [0.3, 0.4) is 0 Å². The van der Waals surface area contributed by atoms with E-state index in [4.69, 9.17) is 9.84 Å². The topological polar surface area (TPSA) is 77.2 Å². The molecule has 1 aromatic rings. The summed E-state index contributed by atoms with van der Waals surface area (Å²) in [6, 6.07) is 0. The monoisotopic (exact) mass is 213 g/mol. The van der Waals surface area contributed by atoms with E-state index in [9.17, 15) is 4.79 Å². The van der Waals surface area contributed by atoms with Crippen LogP contribution >= 0.6 is 0 Å². The zero-order valence-corrected chi connectivity index (χ0v) is 9.31. The Morgan fingerprint density at radius 3 is 2.60 bits per heavy atom. The summed E-state index contributed by atoms with van der Waals surface area (Å²) in [6.45, 7) is 5.17. The number of nitrogens with zero attached hydrogens (tertiary/aromatic N) is 3. The molecule has 84 valence electrons. The van der Waals surface area contributed by atoms with Gasteiger partial charge in [0, 0.05) is 7.11 Å². The van der Waals surface area contributed by atoms with Gasteiger partial charge in [-0.05, 0) is 20.8 Å². The number of hydrogen-bond donors (Lipinski definition) is 1. The summed E-state index contributed by atoms with van der Waals surface area (Å²) in [6.07, 6.45) is 0. The van der Waals surface area contributed by atoms with E-state index in [1.807, 2.05) is 0 Å².